The number of nitrogens with zero attached hydrogens (tertiary/aromatic N) is 2. The lowest BCUT2D eigenvalue weighted by atomic mass is 9.82. The van der Waals surface area contributed by atoms with Gasteiger partial charge in [0.15, 0.2) is 0 Å². The smallest absolute Gasteiger partial charge is 0.0731 e. The zero-order valence-electron chi connectivity index (χ0n) is 13.0. The third-order valence-electron chi connectivity index (χ3n) is 5.86. The summed E-state index contributed by atoms with van der Waals surface area (Å²) < 4.78 is 6.05. The summed E-state index contributed by atoms with van der Waals surface area (Å²) in [4.78, 5) is 5.25. The molecule has 3 rings (SSSR count). The van der Waals surface area contributed by atoms with Gasteiger partial charge < -0.3 is 15.4 Å². The van der Waals surface area contributed by atoms with Gasteiger partial charge in [-0.25, -0.2) is 0 Å². The van der Waals surface area contributed by atoms with Crippen molar-refractivity contribution >= 4 is 0 Å². The molecular formula is C16H31N3O. The van der Waals surface area contributed by atoms with Crippen LogP contribution in [0.3, 0.4) is 0 Å². The summed E-state index contributed by atoms with van der Waals surface area (Å²) in [6.07, 6.45) is 9.50. The summed E-state index contributed by atoms with van der Waals surface area (Å²) in [6, 6.07) is 0.629. The van der Waals surface area contributed by atoms with E-state index < -0.39 is 0 Å². The van der Waals surface area contributed by atoms with Gasteiger partial charge in [-0.3, -0.25) is 4.90 Å². The lowest BCUT2D eigenvalue weighted by molar-refractivity contribution is -0.127. The van der Waals surface area contributed by atoms with E-state index in [0.29, 0.717) is 12.1 Å². The van der Waals surface area contributed by atoms with Crippen molar-refractivity contribution in [2.45, 2.75) is 62.6 Å². The highest BCUT2D eigenvalue weighted by Crippen LogP contribution is 2.37. The van der Waals surface area contributed by atoms with Crippen LogP contribution in [0.4, 0.5) is 0 Å². The van der Waals surface area contributed by atoms with E-state index in [1.54, 1.807) is 0 Å². The van der Waals surface area contributed by atoms with Crippen molar-refractivity contribution in [3.8, 4) is 0 Å². The first kappa shape index (κ1) is 14.8. The molecule has 1 aliphatic carbocycles. The van der Waals surface area contributed by atoms with Crippen molar-refractivity contribution in [1.82, 2.24) is 9.80 Å². The summed E-state index contributed by atoms with van der Waals surface area (Å²) in [5.41, 5.74) is 6.54. The molecule has 3 unspecified atom stereocenters. The Morgan fingerprint density at radius 1 is 1.10 bits per heavy atom. The Balaban J connectivity index is 1.79. The maximum absolute atomic E-state index is 6.30. The monoisotopic (exact) mass is 281 g/mol. The predicted octanol–water partition coefficient (Wildman–Crippen LogP) is 1.44. The van der Waals surface area contributed by atoms with Crippen LogP contribution in [0, 0.1) is 0 Å². The molecule has 3 fully saturated rings. The molecule has 20 heavy (non-hydrogen) atoms. The van der Waals surface area contributed by atoms with Crippen LogP contribution in [0.2, 0.25) is 0 Å². The minimum atomic E-state index is 0.231. The van der Waals surface area contributed by atoms with Gasteiger partial charge in [0.2, 0.25) is 0 Å². The summed E-state index contributed by atoms with van der Waals surface area (Å²) in [5.74, 6) is 0. The quantitative estimate of drug-likeness (QED) is 0.832. The van der Waals surface area contributed by atoms with Crippen molar-refractivity contribution < 1.29 is 4.74 Å². The Kier molecular flexibility index (Phi) is 4.65. The standard InChI is InChI=1S/C16H31N3O/c1-18-9-4-7-16(13-17,8-10-18)19-11-12-20-15-6-3-2-5-14(15)19/h14-15H,2-13,17H2,1H3. The molecule has 4 nitrogen and oxygen atoms in total. The number of hydrogen-bond donors (Lipinski definition) is 1. The minimum absolute atomic E-state index is 0.231. The summed E-state index contributed by atoms with van der Waals surface area (Å²) >= 11 is 0. The summed E-state index contributed by atoms with van der Waals surface area (Å²) in [5, 5.41) is 0. The topological polar surface area (TPSA) is 41.7 Å². The highest BCUT2D eigenvalue weighted by molar-refractivity contribution is 5.01. The highest BCUT2D eigenvalue weighted by Gasteiger charge is 2.45. The van der Waals surface area contributed by atoms with Gasteiger partial charge in [0, 0.05) is 24.7 Å². The van der Waals surface area contributed by atoms with Crippen molar-refractivity contribution in [3.05, 3.63) is 0 Å². The van der Waals surface area contributed by atoms with Gasteiger partial charge in [0.25, 0.3) is 0 Å². The van der Waals surface area contributed by atoms with Crippen molar-refractivity contribution in [1.29, 1.82) is 0 Å². The van der Waals surface area contributed by atoms with E-state index in [1.807, 2.05) is 0 Å². The van der Waals surface area contributed by atoms with Gasteiger partial charge in [0.1, 0.15) is 0 Å². The molecule has 1 saturated carbocycles. The molecule has 0 aromatic heterocycles. The lowest BCUT2D eigenvalue weighted by Gasteiger charge is -2.53. The number of fused-ring (bicyclic) bond motifs is 1. The Labute approximate surface area is 123 Å². The number of hydrogen-bond acceptors (Lipinski definition) is 4. The lowest BCUT2D eigenvalue weighted by Crippen LogP contribution is -2.64. The predicted molar refractivity (Wildman–Crippen MR) is 81.8 cm³/mol. The SMILES string of the molecule is CN1CCCC(CN)(N2CCOC3CCCCC32)CC1. The number of nitrogens with two attached hydrogens (primary N) is 1. The first-order valence-corrected chi connectivity index (χ1v) is 8.52. The fraction of sp³-hybridized carbons (Fsp3) is 1.00. The van der Waals surface area contributed by atoms with Crippen LogP contribution in [-0.2, 0) is 4.74 Å². The van der Waals surface area contributed by atoms with Crippen LogP contribution < -0.4 is 5.73 Å². The van der Waals surface area contributed by atoms with E-state index in [2.05, 4.69) is 16.8 Å². The van der Waals surface area contributed by atoms with Gasteiger partial charge in [-0.2, -0.15) is 0 Å². The number of ether oxygens (including phenoxy) is 1. The molecule has 2 N–H and O–H groups in total. The molecule has 2 heterocycles. The molecule has 0 aromatic carbocycles. The van der Waals surface area contributed by atoms with Gasteiger partial charge in [0.05, 0.1) is 12.7 Å². The fourth-order valence-electron chi connectivity index (χ4n) is 4.61. The first-order valence-electron chi connectivity index (χ1n) is 8.52. The maximum atomic E-state index is 6.30. The average Bonchev–Trinajstić information content (AvgIpc) is 2.69. The van der Waals surface area contributed by atoms with Gasteiger partial charge >= 0.3 is 0 Å². The summed E-state index contributed by atoms with van der Waals surface area (Å²) in [7, 11) is 2.25. The van der Waals surface area contributed by atoms with Crippen LogP contribution in [0.25, 0.3) is 0 Å². The highest BCUT2D eigenvalue weighted by atomic mass is 16.5. The molecule has 2 saturated heterocycles. The molecule has 0 aromatic rings. The molecule has 116 valence electrons. The Morgan fingerprint density at radius 3 is 2.80 bits per heavy atom. The number of morpholine rings is 1. The fourth-order valence-corrected chi connectivity index (χ4v) is 4.61. The molecule has 4 heteroatoms. The van der Waals surface area contributed by atoms with Crippen LogP contribution in [-0.4, -0.2) is 67.3 Å². The van der Waals surface area contributed by atoms with E-state index in [9.17, 15) is 0 Å². The van der Waals surface area contributed by atoms with Gasteiger partial charge in [-0.15, -0.1) is 0 Å². The molecule has 3 atom stereocenters. The van der Waals surface area contributed by atoms with E-state index in [1.165, 1.54) is 58.0 Å². The Morgan fingerprint density at radius 2 is 1.95 bits per heavy atom. The second-order valence-corrected chi connectivity index (χ2v) is 7.04. The second kappa shape index (κ2) is 6.30. The van der Waals surface area contributed by atoms with Crippen molar-refractivity contribution in [2.75, 3.05) is 39.8 Å². The molecule has 0 spiro atoms. The number of rotatable bonds is 2. The van der Waals surface area contributed by atoms with E-state index in [-0.39, 0.29) is 5.54 Å². The van der Waals surface area contributed by atoms with Gasteiger partial charge in [-0.05, 0) is 52.2 Å². The Bertz CT molecular complexity index is 323. The van der Waals surface area contributed by atoms with E-state index >= 15 is 0 Å². The zero-order valence-corrected chi connectivity index (χ0v) is 13.0. The van der Waals surface area contributed by atoms with Gasteiger partial charge in [-0.1, -0.05) is 12.8 Å². The maximum Gasteiger partial charge on any atom is 0.0731 e. The van der Waals surface area contributed by atoms with E-state index in [4.69, 9.17) is 10.5 Å². The zero-order chi connectivity index (χ0) is 14.0. The van der Waals surface area contributed by atoms with Crippen LogP contribution >= 0.6 is 0 Å². The molecule has 0 radical (unpaired) electrons. The molecule has 0 bridgehead atoms. The van der Waals surface area contributed by atoms with Crippen molar-refractivity contribution in [2.24, 2.45) is 5.73 Å². The minimum Gasteiger partial charge on any atom is -0.375 e. The first-order chi connectivity index (χ1) is 9.75. The Hall–Kier alpha value is -0.160. The largest absolute Gasteiger partial charge is 0.375 e. The van der Waals surface area contributed by atoms with Crippen LogP contribution in [0.1, 0.15) is 44.9 Å². The number of likely N-dealkylation sites (tertiary alicyclic amines) is 1. The molecule has 3 aliphatic rings. The van der Waals surface area contributed by atoms with Crippen molar-refractivity contribution in [3.63, 3.8) is 0 Å². The summed E-state index contributed by atoms with van der Waals surface area (Å²) in [6.45, 7) is 5.21. The average molecular weight is 281 g/mol. The molecular weight excluding hydrogens is 250 g/mol. The van der Waals surface area contributed by atoms with Crippen LogP contribution in [0.5, 0.6) is 0 Å². The third kappa shape index (κ3) is 2.76. The van der Waals surface area contributed by atoms with Crippen LogP contribution in [0.15, 0.2) is 0 Å². The second-order valence-electron chi connectivity index (χ2n) is 7.04. The molecule has 0 amide bonds. The van der Waals surface area contributed by atoms with E-state index in [0.717, 1.165) is 19.7 Å². The third-order valence-corrected chi connectivity index (χ3v) is 5.86. The normalized spacial score (nSPS) is 41.1. The molecule has 2 aliphatic heterocycles.